The highest BCUT2D eigenvalue weighted by Gasteiger charge is 2.50. The molecule has 0 amide bonds. The summed E-state index contributed by atoms with van der Waals surface area (Å²) in [7, 11) is 0. The van der Waals surface area contributed by atoms with Crippen molar-refractivity contribution in [2.45, 2.75) is 135 Å². The Morgan fingerprint density at radius 3 is 2.18 bits per heavy atom. The molecule has 160 valence electrons. The summed E-state index contributed by atoms with van der Waals surface area (Å²) in [6.07, 6.45) is 28.8. The summed E-state index contributed by atoms with van der Waals surface area (Å²) in [5.74, 6) is 5.27. The third-order valence-corrected chi connectivity index (χ3v) is 10.4. The van der Waals surface area contributed by atoms with Crippen LogP contribution in [-0.4, -0.2) is 12.2 Å². The first-order valence-corrected chi connectivity index (χ1v) is 13.5. The van der Waals surface area contributed by atoms with Gasteiger partial charge in [-0.15, -0.1) is 0 Å². The van der Waals surface area contributed by atoms with Crippen LogP contribution in [0.1, 0.15) is 122 Å². The maximum Gasteiger partial charge on any atom is 0.0844 e. The van der Waals surface area contributed by atoms with Gasteiger partial charge in [-0.05, 0) is 99.2 Å². The number of epoxide rings is 1. The monoisotopic (exact) mass is 386 g/mol. The molecule has 5 aliphatic rings. The van der Waals surface area contributed by atoms with Crippen molar-refractivity contribution in [3.63, 3.8) is 0 Å². The molecule has 0 N–H and O–H groups in total. The van der Waals surface area contributed by atoms with Crippen molar-refractivity contribution in [1.29, 1.82) is 0 Å². The van der Waals surface area contributed by atoms with Gasteiger partial charge in [-0.2, -0.15) is 0 Å². The molecule has 0 bridgehead atoms. The van der Waals surface area contributed by atoms with Crippen LogP contribution in [0.25, 0.3) is 0 Å². The molecule has 4 saturated carbocycles. The zero-order valence-corrected chi connectivity index (χ0v) is 18.7. The van der Waals surface area contributed by atoms with Crippen LogP contribution in [0.4, 0.5) is 0 Å². The highest BCUT2D eigenvalue weighted by molar-refractivity contribution is 5.00. The van der Waals surface area contributed by atoms with Gasteiger partial charge in [-0.25, -0.2) is 0 Å². The summed E-state index contributed by atoms with van der Waals surface area (Å²) in [6, 6.07) is 0. The molecule has 0 aromatic carbocycles. The van der Waals surface area contributed by atoms with E-state index in [9.17, 15) is 0 Å². The van der Waals surface area contributed by atoms with E-state index in [4.69, 9.17) is 4.74 Å². The predicted octanol–water partition coefficient (Wildman–Crippen LogP) is 7.92. The van der Waals surface area contributed by atoms with Gasteiger partial charge in [0.15, 0.2) is 0 Å². The molecule has 1 nitrogen and oxygen atoms in total. The van der Waals surface area contributed by atoms with Gasteiger partial charge < -0.3 is 4.74 Å². The topological polar surface area (TPSA) is 12.5 Å². The molecule has 1 heteroatoms. The molecule has 1 saturated heterocycles. The quantitative estimate of drug-likeness (QED) is 0.437. The Morgan fingerprint density at radius 2 is 1.43 bits per heavy atom. The van der Waals surface area contributed by atoms with E-state index in [0.717, 1.165) is 35.0 Å². The largest absolute Gasteiger partial charge is 0.370 e. The molecule has 28 heavy (non-hydrogen) atoms. The Morgan fingerprint density at radius 1 is 0.679 bits per heavy atom. The first-order chi connectivity index (χ1) is 13.8. The van der Waals surface area contributed by atoms with Crippen LogP contribution in [0, 0.1) is 35.0 Å². The normalized spacial score (nSPS) is 47.5. The molecule has 5 fully saturated rings. The van der Waals surface area contributed by atoms with E-state index >= 15 is 0 Å². The maximum atomic E-state index is 5.84. The Labute approximate surface area is 174 Å². The minimum Gasteiger partial charge on any atom is -0.370 e. The zero-order chi connectivity index (χ0) is 19.0. The molecule has 5 unspecified atom stereocenters. The van der Waals surface area contributed by atoms with Crippen LogP contribution in [0.2, 0.25) is 0 Å². The molecule has 0 radical (unpaired) electrons. The molecule has 0 aromatic rings. The van der Waals surface area contributed by atoms with Gasteiger partial charge in [0.1, 0.15) is 0 Å². The lowest BCUT2D eigenvalue weighted by atomic mass is 9.50. The van der Waals surface area contributed by atoms with E-state index in [0.29, 0.717) is 12.2 Å². The molecular formula is C27H46O. The van der Waals surface area contributed by atoms with Crippen molar-refractivity contribution in [1.82, 2.24) is 0 Å². The molecular weight excluding hydrogens is 340 g/mol. The lowest BCUT2D eigenvalue weighted by molar-refractivity contribution is -0.0501. The van der Waals surface area contributed by atoms with Crippen LogP contribution in [0.3, 0.4) is 0 Å². The Bertz CT molecular complexity index is 496. The molecule has 1 heterocycles. The van der Waals surface area contributed by atoms with Gasteiger partial charge in [0.2, 0.25) is 0 Å². The third kappa shape index (κ3) is 3.83. The van der Waals surface area contributed by atoms with Gasteiger partial charge in [-0.1, -0.05) is 58.3 Å². The van der Waals surface area contributed by atoms with E-state index in [1.807, 2.05) is 0 Å². The average Bonchev–Trinajstić information content (AvgIpc) is 3.54. The van der Waals surface area contributed by atoms with Gasteiger partial charge in [-0.3, -0.25) is 0 Å². The second kappa shape index (κ2) is 8.60. The smallest absolute Gasteiger partial charge is 0.0844 e. The first kappa shape index (κ1) is 19.9. The van der Waals surface area contributed by atoms with Gasteiger partial charge in [0.05, 0.1) is 12.2 Å². The summed E-state index contributed by atoms with van der Waals surface area (Å²) < 4.78 is 5.84. The fourth-order valence-corrected chi connectivity index (χ4v) is 9.05. The highest BCUT2D eigenvalue weighted by atomic mass is 16.6. The van der Waals surface area contributed by atoms with Crippen molar-refractivity contribution in [2.75, 3.05) is 0 Å². The lowest BCUT2D eigenvalue weighted by Crippen LogP contribution is -2.46. The van der Waals surface area contributed by atoms with Crippen molar-refractivity contribution in [2.24, 2.45) is 35.0 Å². The SMILES string of the molecule is CCCC1(C2CCC(C3CCC4OC4C3)CC2)CCCCC1C1CCCCC1. The average molecular weight is 387 g/mol. The summed E-state index contributed by atoms with van der Waals surface area (Å²) in [5, 5.41) is 0. The number of hydrogen-bond donors (Lipinski definition) is 0. The number of hydrogen-bond acceptors (Lipinski definition) is 1. The van der Waals surface area contributed by atoms with Crippen LogP contribution >= 0.6 is 0 Å². The Kier molecular flexibility index (Phi) is 6.11. The summed E-state index contributed by atoms with van der Waals surface area (Å²) in [6.45, 7) is 2.48. The molecule has 0 aromatic heterocycles. The van der Waals surface area contributed by atoms with E-state index in [1.54, 1.807) is 57.8 Å². The van der Waals surface area contributed by atoms with Crippen molar-refractivity contribution in [3.05, 3.63) is 0 Å². The second-order valence-electron chi connectivity index (χ2n) is 11.6. The van der Waals surface area contributed by atoms with Gasteiger partial charge in [0, 0.05) is 0 Å². The molecule has 0 spiro atoms. The number of ether oxygens (including phenoxy) is 1. The molecule has 1 aliphatic heterocycles. The second-order valence-corrected chi connectivity index (χ2v) is 11.6. The number of fused-ring (bicyclic) bond motifs is 1. The molecule has 5 atom stereocenters. The third-order valence-electron chi connectivity index (χ3n) is 10.4. The standard InChI is InChI=1S/C27H46O/c1-2-17-27(18-7-6-10-24(27)21-8-4-3-5-9-21)23-14-11-20(12-15-23)22-13-16-25-26(19-22)28-25/h20-26H,2-19H2,1H3. The minimum absolute atomic E-state index is 0.678. The first-order valence-electron chi connectivity index (χ1n) is 13.5. The van der Waals surface area contributed by atoms with Crippen LogP contribution in [0.15, 0.2) is 0 Å². The summed E-state index contributed by atoms with van der Waals surface area (Å²) in [5.41, 5.74) is 0.733. The van der Waals surface area contributed by atoms with Crippen molar-refractivity contribution in [3.8, 4) is 0 Å². The number of rotatable bonds is 5. The van der Waals surface area contributed by atoms with E-state index in [-0.39, 0.29) is 0 Å². The van der Waals surface area contributed by atoms with Crippen LogP contribution < -0.4 is 0 Å². The molecule has 4 aliphatic carbocycles. The minimum atomic E-state index is 0.678. The van der Waals surface area contributed by atoms with E-state index in [2.05, 4.69) is 6.92 Å². The fraction of sp³-hybridized carbons (Fsp3) is 1.00. The highest BCUT2D eigenvalue weighted by Crippen LogP contribution is 2.59. The summed E-state index contributed by atoms with van der Waals surface area (Å²) in [4.78, 5) is 0. The van der Waals surface area contributed by atoms with Gasteiger partial charge in [0.25, 0.3) is 0 Å². The fourth-order valence-electron chi connectivity index (χ4n) is 9.05. The maximum absolute atomic E-state index is 5.84. The lowest BCUT2D eigenvalue weighted by Gasteiger charge is -2.55. The zero-order valence-electron chi connectivity index (χ0n) is 18.7. The Hall–Kier alpha value is -0.0400. The Balaban J connectivity index is 1.27. The van der Waals surface area contributed by atoms with Crippen molar-refractivity contribution >= 4 is 0 Å². The van der Waals surface area contributed by atoms with Crippen molar-refractivity contribution < 1.29 is 4.74 Å². The van der Waals surface area contributed by atoms with Crippen LogP contribution in [-0.2, 0) is 4.74 Å². The van der Waals surface area contributed by atoms with E-state index in [1.165, 1.54) is 57.8 Å². The summed E-state index contributed by atoms with van der Waals surface area (Å²) >= 11 is 0. The van der Waals surface area contributed by atoms with Gasteiger partial charge >= 0.3 is 0 Å². The molecule has 5 rings (SSSR count). The van der Waals surface area contributed by atoms with Crippen LogP contribution in [0.5, 0.6) is 0 Å². The van der Waals surface area contributed by atoms with E-state index < -0.39 is 0 Å². The predicted molar refractivity (Wildman–Crippen MR) is 117 cm³/mol.